The Kier molecular flexibility index (Phi) is 4.94. The summed E-state index contributed by atoms with van der Waals surface area (Å²) >= 11 is 0. The van der Waals surface area contributed by atoms with Crippen LogP contribution in [-0.4, -0.2) is 22.9 Å². The molecule has 21 heavy (non-hydrogen) atoms. The number of carbonyl (C=O) groups excluding carboxylic acids is 1. The zero-order chi connectivity index (χ0) is 15.2. The standard InChI is InChI=1S/C15H19N3O3/c1-3-12-14(10(2)21-18-12)17-15(20)16-13(9-19)11-7-5-4-6-8-11/h4-8,13,19H,3,9H2,1-2H3,(H2,16,17,20). The van der Waals surface area contributed by atoms with Crippen molar-refractivity contribution in [2.45, 2.75) is 26.3 Å². The first-order valence-electron chi connectivity index (χ1n) is 6.84. The molecule has 0 saturated carbocycles. The summed E-state index contributed by atoms with van der Waals surface area (Å²) in [7, 11) is 0. The summed E-state index contributed by atoms with van der Waals surface area (Å²) in [5.74, 6) is 0.558. The predicted molar refractivity (Wildman–Crippen MR) is 79.0 cm³/mol. The topological polar surface area (TPSA) is 87.4 Å². The van der Waals surface area contributed by atoms with E-state index in [-0.39, 0.29) is 6.61 Å². The van der Waals surface area contributed by atoms with Gasteiger partial charge in [0, 0.05) is 0 Å². The summed E-state index contributed by atoms with van der Waals surface area (Å²) in [6, 6.07) is 8.43. The molecule has 2 rings (SSSR count). The third-order valence-corrected chi connectivity index (χ3v) is 3.20. The SMILES string of the molecule is CCc1noc(C)c1NC(=O)NC(CO)c1ccccc1. The van der Waals surface area contributed by atoms with Crippen molar-refractivity contribution in [3.63, 3.8) is 0 Å². The lowest BCUT2D eigenvalue weighted by atomic mass is 10.1. The molecule has 0 radical (unpaired) electrons. The van der Waals surface area contributed by atoms with Gasteiger partial charge in [-0.1, -0.05) is 42.4 Å². The Hall–Kier alpha value is -2.34. The second-order valence-electron chi connectivity index (χ2n) is 4.66. The average Bonchev–Trinajstić information content (AvgIpc) is 2.86. The molecule has 3 N–H and O–H groups in total. The summed E-state index contributed by atoms with van der Waals surface area (Å²) in [5, 5.41) is 18.8. The van der Waals surface area contributed by atoms with Gasteiger partial charge in [0.1, 0.15) is 11.4 Å². The van der Waals surface area contributed by atoms with Crippen LogP contribution in [0.1, 0.15) is 30.0 Å². The lowest BCUT2D eigenvalue weighted by Crippen LogP contribution is -2.34. The molecule has 0 bridgehead atoms. The van der Waals surface area contributed by atoms with Crippen molar-refractivity contribution in [1.29, 1.82) is 0 Å². The molecule has 6 heteroatoms. The van der Waals surface area contributed by atoms with Gasteiger partial charge in [-0.15, -0.1) is 0 Å². The molecule has 0 saturated heterocycles. The maximum absolute atomic E-state index is 12.1. The zero-order valence-corrected chi connectivity index (χ0v) is 12.1. The molecule has 1 unspecified atom stereocenters. The van der Waals surface area contributed by atoms with Gasteiger partial charge < -0.3 is 20.3 Å². The number of hydrogen-bond acceptors (Lipinski definition) is 4. The third-order valence-electron chi connectivity index (χ3n) is 3.20. The maximum Gasteiger partial charge on any atom is 0.319 e. The van der Waals surface area contributed by atoms with Crippen LogP contribution < -0.4 is 10.6 Å². The highest BCUT2D eigenvalue weighted by molar-refractivity contribution is 5.90. The minimum absolute atomic E-state index is 0.180. The highest BCUT2D eigenvalue weighted by Gasteiger charge is 2.17. The van der Waals surface area contributed by atoms with E-state index < -0.39 is 12.1 Å². The van der Waals surface area contributed by atoms with E-state index >= 15 is 0 Å². The highest BCUT2D eigenvalue weighted by atomic mass is 16.5. The van der Waals surface area contributed by atoms with Gasteiger partial charge in [0.2, 0.25) is 0 Å². The van der Waals surface area contributed by atoms with Crippen LogP contribution >= 0.6 is 0 Å². The molecule has 2 amide bonds. The molecule has 0 aliphatic rings. The molecule has 0 spiro atoms. The van der Waals surface area contributed by atoms with Gasteiger partial charge in [-0.3, -0.25) is 0 Å². The number of benzene rings is 1. The number of nitrogens with zero attached hydrogens (tertiary/aromatic N) is 1. The van der Waals surface area contributed by atoms with Crippen molar-refractivity contribution in [2.75, 3.05) is 11.9 Å². The van der Waals surface area contributed by atoms with Gasteiger partial charge in [0.15, 0.2) is 5.76 Å². The van der Waals surface area contributed by atoms with Crippen LogP contribution in [0.25, 0.3) is 0 Å². The predicted octanol–water partition coefficient (Wildman–Crippen LogP) is 2.40. The van der Waals surface area contributed by atoms with E-state index in [0.717, 1.165) is 5.56 Å². The lowest BCUT2D eigenvalue weighted by Gasteiger charge is -2.17. The Bertz CT molecular complexity index is 595. The number of nitrogens with one attached hydrogen (secondary N) is 2. The van der Waals surface area contributed by atoms with Crippen molar-refractivity contribution >= 4 is 11.7 Å². The van der Waals surface area contributed by atoms with Crippen LogP contribution in [0.4, 0.5) is 10.5 Å². The average molecular weight is 289 g/mol. The van der Waals surface area contributed by atoms with Crippen LogP contribution in [0.15, 0.2) is 34.9 Å². The quantitative estimate of drug-likeness (QED) is 0.788. The number of amides is 2. The molecule has 1 atom stereocenters. The summed E-state index contributed by atoms with van der Waals surface area (Å²) in [4.78, 5) is 12.1. The number of urea groups is 1. The summed E-state index contributed by atoms with van der Waals surface area (Å²) < 4.78 is 5.06. The van der Waals surface area contributed by atoms with E-state index in [0.29, 0.717) is 23.6 Å². The second kappa shape index (κ2) is 6.90. The molecule has 6 nitrogen and oxygen atoms in total. The lowest BCUT2D eigenvalue weighted by molar-refractivity contribution is 0.225. The summed E-state index contributed by atoms with van der Waals surface area (Å²) in [5.41, 5.74) is 2.12. The first-order valence-corrected chi connectivity index (χ1v) is 6.84. The Balaban J connectivity index is 2.05. The van der Waals surface area contributed by atoms with Crippen molar-refractivity contribution in [3.8, 4) is 0 Å². The van der Waals surface area contributed by atoms with Crippen molar-refractivity contribution in [2.24, 2.45) is 0 Å². The van der Waals surface area contributed by atoms with E-state index in [1.165, 1.54) is 0 Å². The monoisotopic (exact) mass is 289 g/mol. The maximum atomic E-state index is 12.1. The Morgan fingerprint density at radius 2 is 2.10 bits per heavy atom. The normalized spacial score (nSPS) is 12.0. The molecule has 1 heterocycles. The van der Waals surface area contributed by atoms with Crippen LogP contribution in [0, 0.1) is 6.92 Å². The fourth-order valence-corrected chi connectivity index (χ4v) is 2.05. The summed E-state index contributed by atoms with van der Waals surface area (Å²) in [6.45, 7) is 3.49. The van der Waals surface area contributed by atoms with Crippen molar-refractivity contribution in [1.82, 2.24) is 10.5 Å². The van der Waals surface area contributed by atoms with Gasteiger partial charge >= 0.3 is 6.03 Å². The molecule has 112 valence electrons. The van der Waals surface area contributed by atoms with Gasteiger partial charge in [-0.05, 0) is 18.9 Å². The van der Waals surface area contributed by atoms with Crippen molar-refractivity contribution < 1.29 is 14.4 Å². The molecular formula is C15H19N3O3. The van der Waals surface area contributed by atoms with Crippen molar-refractivity contribution in [3.05, 3.63) is 47.3 Å². The Morgan fingerprint density at radius 1 is 1.38 bits per heavy atom. The molecule has 0 fully saturated rings. The number of rotatable bonds is 5. The first-order chi connectivity index (χ1) is 10.2. The number of carbonyl (C=O) groups is 1. The third kappa shape index (κ3) is 3.61. The fourth-order valence-electron chi connectivity index (χ4n) is 2.05. The van der Waals surface area contributed by atoms with Gasteiger partial charge in [0.05, 0.1) is 12.6 Å². The zero-order valence-electron chi connectivity index (χ0n) is 12.1. The number of anilines is 1. The molecular weight excluding hydrogens is 270 g/mol. The first kappa shape index (κ1) is 15.1. The highest BCUT2D eigenvalue weighted by Crippen LogP contribution is 2.20. The van der Waals surface area contributed by atoms with E-state index in [1.54, 1.807) is 6.92 Å². The van der Waals surface area contributed by atoms with Crippen LogP contribution in [0.2, 0.25) is 0 Å². The number of hydrogen-bond donors (Lipinski definition) is 3. The van der Waals surface area contributed by atoms with Gasteiger partial charge in [0.25, 0.3) is 0 Å². The van der Waals surface area contributed by atoms with Gasteiger partial charge in [-0.2, -0.15) is 0 Å². The van der Waals surface area contributed by atoms with E-state index in [2.05, 4.69) is 15.8 Å². The minimum atomic E-state index is -0.462. The molecule has 2 aromatic rings. The van der Waals surface area contributed by atoms with Crippen LogP contribution in [0.5, 0.6) is 0 Å². The number of aromatic nitrogens is 1. The summed E-state index contributed by atoms with van der Waals surface area (Å²) in [6.07, 6.45) is 0.662. The number of aliphatic hydroxyl groups excluding tert-OH is 1. The van der Waals surface area contributed by atoms with Crippen LogP contribution in [-0.2, 0) is 6.42 Å². The largest absolute Gasteiger partial charge is 0.394 e. The Labute approximate surface area is 123 Å². The van der Waals surface area contributed by atoms with Crippen LogP contribution in [0.3, 0.4) is 0 Å². The Morgan fingerprint density at radius 3 is 2.71 bits per heavy atom. The van der Waals surface area contributed by atoms with Gasteiger partial charge in [-0.25, -0.2) is 4.79 Å². The molecule has 1 aromatic heterocycles. The number of aliphatic hydroxyl groups is 1. The molecule has 0 aliphatic carbocycles. The van der Waals surface area contributed by atoms with E-state index in [9.17, 15) is 9.90 Å². The molecule has 1 aromatic carbocycles. The molecule has 0 aliphatic heterocycles. The number of aryl methyl sites for hydroxylation is 2. The fraction of sp³-hybridized carbons (Fsp3) is 0.333. The minimum Gasteiger partial charge on any atom is -0.394 e. The smallest absolute Gasteiger partial charge is 0.319 e. The van der Waals surface area contributed by atoms with E-state index in [1.807, 2.05) is 37.3 Å². The second-order valence-corrected chi connectivity index (χ2v) is 4.66. The van der Waals surface area contributed by atoms with E-state index in [4.69, 9.17) is 4.52 Å².